The van der Waals surface area contributed by atoms with Gasteiger partial charge in [0.25, 0.3) is 5.91 Å². The molecule has 0 radical (unpaired) electrons. The summed E-state index contributed by atoms with van der Waals surface area (Å²) in [5, 5.41) is 3.13. The fraction of sp³-hybridized carbons (Fsp3) is 0.296. The Labute approximate surface area is 184 Å². The Kier molecular flexibility index (Phi) is 7.48. The molecule has 0 aliphatic carbocycles. The minimum absolute atomic E-state index is 0.0105. The van der Waals surface area contributed by atoms with E-state index < -0.39 is 0 Å². The Morgan fingerprint density at radius 3 is 2.16 bits per heavy atom. The Morgan fingerprint density at radius 2 is 1.52 bits per heavy atom. The predicted octanol–water partition coefficient (Wildman–Crippen LogP) is 4.47. The van der Waals surface area contributed by atoms with Crippen LogP contribution in [-0.4, -0.2) is 43.7 Å². The van der Waals surface area contributed by atoms with E-state index in [4.69, 9.17) is 4.74 Å². The van der Waals surface area contributed by atoms with Crippen molar-refractivity contribution in [1.29, 1.82) is 0 Å². The molecule has 0 atom stereocenters. The van der Waals surface area contributed by atoms with Crippen LogP contribution in [0, 0.1) is 0 Å². The van der Waals surface area contributed by atoms with Crippen molar-refractivity contribution in [2.45, 2.75) is 18.9 Å². The van der Waals surface area contributed by atoms with Gasteiger partial charge in [0.2, 0.25) is 0 Å². The third kappa shape index (κ3) is 6.03. The maximum atomic E-state index is 12.8. The second kappa shape index (κ2) is 10.9. The molecule has 4 heteroatoms. The fourth-order valence-electron chi connectivity index (χ4n) is 4.16. The fourth-order valence-corrected chi connectivity index (χ4v) is 4.16. The molecule has 1 aliphatic rings. The van der Waals surface area contributed by atoms with Crippen LogP contribution < -0.4 is 5.32 Å². The molecule has 1 N–H and O–H groups in total. The molecule has 4 nitrogen and oxygen atoms in total. The average molecular weight is 415 g/mol. The van der Waals surface area contributed by atoms with Gasteiger partial charge in [-0.25, -0.2) is 0 Å². The normalized spacial score (nSPS) is 14.5. The number of morpholine rings is 1. The summed E-state index contributed by atoms with van der Waals surface area (Å²) in [4.78, 5) is 15.2. The summed E-state index contributed by atoms with van der Waals surface area (Å²) < 4.78 is 5.42. The van der Waals surface area contributed by atoms with Gasteiger partial charge in [0.05, 0.1) is 13.2 Å². The summed E-state index contributed by atoms with van der Waals surface area (Å²) in [5.41, 5.74) is 4.44. The number of hydrogen-bond donors (Lipinski definition) is 1. The third-order valence-corrected chi connectivity index (χ3v) is 5.82. The number of carbonyl (C=O) groups excluding carboxylic acids is 1. The Hall–Kier alpha value is -2.95. The minimum atomic E-state index is -0.0105. The summed E-state index contributed by atoms with van der Waals surface area (Å²) in [6, 6.07) is 29.0. The number of rotatable bonds is 8. The zero-order valence-electron chi connectivity index (χ0n) is 17.9. The van der Waals surface area contributed by atoms with E-state index in [2.05, 4.69) is 64.8 Å². The number of ether oxygens (including phenoxy) is 1. The number of nitrogens with one attached hydrogen (secondary N) is 1. The van der Waals surface area contributed by atoms with Gasteiger partial charge >= 0.3 is 0 Å². The zero-order chi connectivity index (χ0) is 21.3. The smallest absolute Gasteiger partial charge is 0.251 e. The van der Waals surface area contributed by atoms with Gasteiger partial charge < -0.3 is 10.1 Å². The Bertz CT molecular complexity index is 914. The molecule has 0 unspecified atom stereocenters. The predicted molar refractivity (Wildman–Crippen MR) is 124 cm³/mol. The highest BCUT2D eigenvalue weighted by molar-refractivity contribution is 5.94. The van der Waals surface area contributed by atoms with Gasteiger partial charge in [0.15, 0.2) is 0 Å². The molecular formula is C27H30N2O2. The number of carbonyl (C=O) groups is 1. The minimum Gasteiger partial charge on any atom is -0.379 e. The molecule has 3 aromatic carbocycles. The molecule has 0 bridgehead atoms. The molecule has 31 heavy (non-hydrogen) atoms. The molecule has 1 amide bonds. The lowest BCUT2D eigenvalue weighted by Crippen LogP contribution is -2.35. The highest BCUT2D eigenvalue weighted by Crippen LogP contribution is 2.27. The van der Waals surface area contributed by atoms with Gasteiger partial charge in [0.1, 0.15) is 0 Å². The Balaban J connectivity index is 1.37. The molecule has 3 aromatic rings. The standard InChI is InChI=1S/C27H30N2O2/c30-27(25-13-7-8-22(20-25)21-29-16-18-31-19-17-29)28-15-14-26(23-9-3-1-4-10-23)24-11-5-2-6-12-24/h1-13,20,26H,14-19,21H2,(H,28,30). The SMILES string of the molecule is O=C(NCCC(c1ccccc1)c1ccccc1)c1cccc(CN2CCOCC2)c1. The van der Waals surface area contributed by atoms with E-state index >= 15 is 0 Å². The molecule has 1 aliphatic heterocycles. The lowest BCUT2D eigenvalue weighted by Gasteiger charge is -2.26. The highest BCUT2D eigenvalue weighted by Gasteiger charge is 2.15. The van der Waals surface area contributed by atoms with Gasteiger partial charge in [0, 0.05) is 37.7 Å². The number of hydrogen-bond acceptors (Lipinski definition) is 3. The molecule has 1 fully saturated rings. The van der Waals surface area contributed by atoms with E-state index in [1.807, 2.05) is 30.3 Å². The van der Waals surface area contributed by atoms with Crippen molar-refractivity contribution in [3.8, 4) is 0 Å². The van der Waals surface area contributed by atoms with E-state index in [1.165, 1.54) is 16.7 Å². The molecule has 0 spiro atoms. The zero-order valence-corrected chi connectivity index (χ0v) is 17.9. The van der Waals surface area contributed by atoms with E-state index in [9.17, 15) is 4.79 Å². The molecule has 0 saturated carbocycles. The second-order valence-electron chi connectivity index (χ2n) is 8.01. The molecule has 1 saturated heterocycles. The van der Waals surface area contributed by atoms with Crippen molar-refractivity contribution in [2.24, 2.45) is 0 Å². The van der Waals surface area contributed by atoms with Gasteiger partial charge in [-0.05, 0) is 35.2 Å². The van der Waals surface area contributed by atoms with Gasteiger partial charge in [-0.2, -0.15) is 0 Å². The molecular weight excluding hydrogens is 384 g/mol. The van der Waals surface area contributed by atoms with Crippen molar-refractivity contribution >= 4 is 5.91 Å². The van der Waals surface area contributed by atoms with Crippen molar-refractivity contribution in [3.63, 3.8) is 0 Å². The maximum Gasteiger partial charge on any atom is 0.251 e. The summed E-state index contributed by atoms with van der Waals surface area (Å²) >= 11 is 0. The first-order valence-corrected chi connectivity index (χ1v) is 11.1. The van der Waals surface area contributed by atoms with E-state index in [0.29, 0.717) is 6.54 Å². The monoisotopic (exact) mass is 414 g/mol. The molecule has 0 aromatic heterocycles. The quantitative estimate of drug-likeness (QED) is 0.591. The lowest BCUT2D eigenvalue weighted by molar-refractivity contribution is 0.0342. The van der Waals surface area contributed by atoms with E-state index in [0.717, 1.165) is 44.8 Å². The van der Waals surface area contributed by atoms with Gasteiger partial charge in [-0.1, -0.05) is 72.8 Å². The third-order valence-electron chi connectivity index (χ3n) is 5.82. The van der Waals surface area contributed by atoms with Crippen LogP contribution >= 0.6 is 0 Å². The molecule has 160 valence electrons. The summed E-state index contributed by atoms with van der Waals surface area (Å²) in [6.45, 7) is 4.93. The van der Waals surface area contributed by atoms with Crippen molar-refractivity contribution in [1.82, 2.24) is 10.2 Å². The average Bonchev–Trinajstić information content (AvgIpc) is 2.84. The maximum absolute atomic E-state index is 12.8. The van der Waals surface area contributed by atoms with Crippen LogP contribution in [0.1, 0.15) is 39.4 Å². The summed E-state index contributed by atoms with van der Waals surface area (Å²) in [7, 11) is 0. The van der Waals surface area contributed by atoms with E-state index in [1.54, 1.807) is 0 Å². The first-order valence-electron chi connectivity index (χ1n) is 11.1. The molecule has 4 rings (SSSR count). The van der Waals surface area contributed by atoms with Crippen molar-refractivity contribution < 1.29 is 9.53 Å². The number of amides is 1. The Morgan fingerprint density at radius 1 is 0.871 bits per heavy atom. The van der Waals surface area contributed by atoms with Gasteiger partial charge in [-0.3, -0.25) is 9.69 Å². The van der Waals surface area contributed by atoms with Crippen LogP contribution in [0.25, 0.3) is 0 Å². The first-order chi connectivity index (χ1) is 15.3. The van der Waals surface area contributed by atoms with Crippen LogP contribution in [0.15, 0.2) is 84.9 Å². The van der Waals surface area contributed by atoms with Crippen LogP contribution in [-0.2, 0) is 11.3 Å². The second-order valence-corrected chi connectivity index (χ2v) is 8.01. The first kappa shape index (κ1) is 21.3. The topological polar surface area (TPSA) is 41.6 Å². The summed E-state index contributed by atoms with van der Waals surface area (Å²) in [6.07, 6.45) is 0.854. The summed E-state index contributed by atoms with van der Waals surface area (Å²) in [5.74, 6) is 0.249. The van der Waals surface area contributed by atoms with Crippen molar-refractivity contribution in [2.75, 3.05) is 32.8 Å². The van der Waals surface area contributed by atoms with Gasteiger partial charge in [-0.15, -0.1) is 0 Å². The lowest BCUT2D eigenvalue weighted by atomic mass is 9.88. The molecule has 1 heterocycles. The number of benzene rings is 3. The number of nitrogens with zero attached hydrogens (tertiary/aromatic N) is 1. The van der Waals surface area contributed by atoms with Crippen LogP contribution in [0.2, 0.25) is 0 Å². The van der Waals surface area contributed by atoms with E-state index in [-0.39, 0.29) is 11.8 Å². The van der Waals surface area contributed by atoms with Crippen LogP contribution in [0.4, 0.5) is 0 Å². The largest absolute Gasteiger partial charge is 0.379 e. The van der Waals surface area contributed by atoms with Crippen molar-refractivity contribution in [3.05, 3.63) is 107 Å². The van der Waals surface area contributed by atoms with Crippen LogP contribution in [0.5, 0.6) is 0 Å². The van der Waals surface area contributed by atoms with Crippen LogP contribution in [0.3, 0.4) is 0 Å². The highest BCUT2D eigenvalue weighted by atomic mass is 16.5.